The van der Waals surface area contributed by atoms with Crippen molar-refractivity contribution in [3.63, 3.8) is 0 Å². The topological polar surface area (TPSA) is 83.3 Å². The molecule has 1 amide bonds. The van der Waals surface area contributed by atoms with Gasteiger partial charge in [0.15, 0.2) is 5.82 Å². The lowest BCUT2D eigenvalue weighted by Gasteiger charge is -2.30. The second kappa shape index (κ2) is 7.73. The van der Waals surface area contributed by atoms with E-state index in [1.165, 1.54) is 0 Å². The van der Waals surface area contributed by atoms with E-state index in [1.807, 2.05) is 24.3 Å². The van der Waals surface area contributed by atoms with Crippen molar-refractivity contribution >= 4 is 24.0 Å². The molecule has 7 nitrogen and oxygen atoms in total. The number of nitrogens with one attached hydrogen (secondary N) is 2. The molecule has 0 radical (unpaired) electrons. The molecule has 0 spiro atoms. The molecule has 3 atom stereocenters. The zero-order chi connectivity index (χ0) is 17.4. The number of amides is 1. The third-order valence-corrected chi connectivity index (χ3v) is 5.10. The minimum Gasteiger partial charge on any atom is -0.334 e. The number of rotatable bonds is 4. The van der Waals surface area contributed by atoms with Crippen LogP contribution in [0.25, 0.3) is 11.5 Å². The quantitative estimate of drug-likeness (QED) is 0.850. The van der Waals surface area contributed by atoms with E-state index in [4.69, 9.17) is 4.52 Å². The third kappa shape index (κ3) is 3.90. The summed E-state index contributed by atoms with van der Waals surface area (Å²) in [6.45, 7) is 4.85. The second-order valence-corrected chi connectivity index (χ2v) is 7.04. The molecular weight excluding hydrogens is 354 g/mol. The van der Waals surface area contributed by atoms with Crippen molar-refractivity contribution in [1.82, 2.24) is 20.4 Å². The maximum atomic E-state index is 12.0. The Hall–Kier alpha value is -1.96. The summed E-state index contributed by atoms with van der Waals surface area (Å²) in [6.07, 6.45) is 0.985. The highest BCUT2D eigenvalue weighted by Gasteiger charge is 2.39. The number of halogens is 1. The average molecular weight is 378 g/mol. The predicted octanol–water partition coefficient (Wildman–Crippen LogP) is 2.33. The van der Waals surface area contributed by atoms with Crippen molar-refractivity contribution in [2.24, 2.45) is 11.8 Å². The van der Waals surface area contributed by atoms with Crippen LogP contribution < -0.4 is 10.6 Å². The number of aromatic nitrogens is 2. The molecule has 1 saturated heterocycles. The fourth-order valence-electron chi connectivity index (χ4n) is 3.20. The zero-order valence-corrected chi connectivity index (χ0v) is 15.8. The lowest BCUT2D eigenvalue weighted by molar-refractivity contribution is -0.117. The van der Waals surface area contributed by atoms with Gasteiger partial charge in [-0.2, -0.15) is 4.98 Å². The largest absolute Gasteiger partial charge is 0.334 e. The van der Waals surface area contributed by atoms with E-state index in [0.717, 1.165) is 37.3 Å². The van der Waals surface area contributed by atoms with Gasteiger partial charge in [-0.15, -0.1) is 12.4 Å². The number of benzene rings is 1. The molecule has 8 heteroatoms. The van der Waals surface area contributed by atoms with E-state index in [9.17, 15) is 4.79 Å². The monoisotopic (exact) mass is 377 g/mol. The Balaban J connectivity index is 0.00000196. The first-order valence-corrected chi connectivity index (χ1v) is 8.77. The van der Waals surface area contributed by atoms with Crippen molar-refractivity contribution in [2.45, 2.75) is 19.4 Å². The molecule has 1 aliphatic carbocycles. The highest BCUT2D eigenvalue weighted by molar-refractivity contribution is 5.94. The van der Waals surface area contributed by atoms with Gasteiger partial charge in [0, 0.05) is 36.8 Å². The molecule has 3 unspecified atom stereocenters. The lowest BCUT2D eigenvalue weighted by atomic mass is 10.2. The Labute approximate surface area is 158 Å². The normalized spacial score (nSPS) is 25.4. The summed E-state index contributed by atoms with van der Waals surface area (Å²) in [6, 6.07) is 7.67. The maximum Gasteiger partial charge on any atom is 0.257 e. The molecule has 2 N–H and O–H groups in total. The number of anilines is 1. The molecule has 2 heterocycles. The van der Waals surface area contributed by atoms with Gasteiger partial charge in [0.05, 0.1) is 6.04 Å². The fourth-order valence-corrected chi connectivity index (χ4v) is 3.20. The molecule has 1 aliphatic heterocycles. The molecule has 2 aromatic rings. The minimum absolute atomic E-state index is 0. The Morgan fingerprint density at radius 3 is 2.73 bits per heavy atom. The summed E-state index contributed by atoms with van der Waals surface area (Å²) in [7, 11) is 2.07. The van der Waals surface area contributed by atoms with Crippen LogP contribution in [0.2, 0.25) is 0 Å². The van der Waals surface area contributed by atoms with Crippen molar-refractivity contribution < 1.29 is 9.32 Å². The van der Waals surface area contributed by atoms with E-state index in [1.54, 1.807) is 0 Å². The Bertz CT molecular complexity index is 763. The summed E-state index contributed by atoms with van der Waals surface area (Å²) in [5, 5.41) is 10.4. The molecular formula is C18H24ClN5O2. The molecule has 2 aliphatic rings. The molecule has 2 fully saturated rings. The van der Waals surface area contributed by atoms with E-state index in [0.29, 0.717) is 17.6 Å². The van der Waals surface area contributed by atoms with Crippen molar-refractivity contribution in [3.8, 4) is 11.5 Å². The summed E-state index contributed by atoms with van der Waals surface area (Å²) in [4.78, 5) is 18.8. The van der Waals surface area contributed by atoms with Crippen LogP contribution in [0, 0.1) is 11.8 Å². The van der Waals surface area contributed by atoms with Crippen molar-refractivity contribution in [2.75, 3.05) is 32.0 Å². The van der Waals surface area contributed by atoms with Gasteiger partial charge in [-0.1, -0.05) is 12.1 Å². The number of nitrogens with zero attached hydrogens (tertiary/aromatic N) is 3. The smallest absolute Gasteiger partial charge is 0.257 e. The summed E-state index contributed by atoms with van der Waals surface area (Å²) < 4.78 is 5.43. The standard InChI is InChI=1S/C18H23N5O2.ClH/c1-11-9-14(11)17(24)20-13-5-3-12(4-6-13)18-21-16(22-25-18)15-10-19-7-8-23(15)2;/h3-6,11,14-15,19H,7-10H2,1-2H3,(H,20,24);1H. The SMILES string of the molecule is CC1CC1C(=O)Nc1ccc(-c2nc(C3CNCCN3C)no2)cc1.Cl. The van der Waals surface area contributed by atoms with Gasteiger partial charge in [0.1, 0.15) is 0 Å². The minimum atomic E-state index is 0. The van der Waals surface area contributed by atoms with Gasteiger partial charge in [-0.3, -0.25) is 9.69 Å². The van der Waals surface area contributed by atoms with Crippen LogP contribution in [0.5, 0.6) is 0 Å². The molecule has 4 rings (SSSR count). The summed E-state index contributed by atoms with van der Waals surface area (Å²) in [5.41, 5.74) is 1.65. The second-order valence-electron chi connectivity index (χ2n) is 7.04. The molecule has 1 aromatic carbocycles. The number of carbonyl (C=O) groups is 1. The molecule has 1 aromatic heterocycles. The van der Waals surface area contributed by atoms with Gasteiger partial charge >= 0.3 is 0 Å². The Morgan fingerprint density at radius 2 is 2.08 bits per heavy atom. The average Bonchev–Trinajstić information content (AvgIpc) is 3.16. The Morgan fingerprint density at radius 1 is 1.35 bits per heavy atom. The van der Waals surface area contributed by atoms with Crippen LogP contribution >= 0.6 is 12.4 Å². The van der Waals surface area contributed by atoms with E-state index < -0.39 is 0 Å². The van der Waals surface area contributed by atoms with Crippen molar-refractivity contribution in [1.29, 1.82) is 0 Å². The van der Waals surface area contributed by atoms with E-state index in [-0.39, 0.29) is 30.3 Å². The first-order valence-electron chi connectivity index (χ1n) is 8.77. The van der Waals surface area contributed by atoms with Crippen LogP contribution in [0.3, 0.4) is 0 Å². The lowest BCUT2D eigenvalue weighted by Crippen LogP contribution is -2.44. The van der Waals surface area contributed by atoms with Gasteiger partial charge < -0.3 is 15.2 Å². The predicted molar refractivity (Wildman–Crippen MR) is 101 cm³/mol. The zero-order valence-electron chi connectivity index (χ0n) is 14.9. The molecule has 140 valence electrons. The summed E-state index contributed by atoms with van der Waals surface area (Å²) >= 11 is 0. The highest BCUT2D eigenvalue weighted by atomic mass is 35.5. The summed E-state index contributed by atoms with van der Waals surface area (Å²) in [5.74, 6) is 1.98. The fraction of sp³-hybridized carbons (Fsp3) is 0.500. The molecule has 26 heavy (non-hydrogen) atoms. The third-order valence-electron chi connectivity index (χ3n) is 5.10. The van der Waals surface area contributed by atoms with Crippen LogP contribution in [-0.2, 0) is 4.79 Å². The molecule has 0 bridgehead atoms. The first kappa shape index (κ1) is 18.8. The van der Waals surface area contributed by atoms with Crippen LogP contribution in [0.1, 0.15) is 25.2 Å². The number of hydrogen-bond donors (Lipinski definition) is 2. The number of hydrogen-bond acceptors (Lipinski definition) is 6. The van der Waals surface area contributed by atoms with E-state index >= 15 is 0 Å². The van der Waals surface area contributed by atoms with Crippen LogP contribution in [0.4, 0.5) is 5.69 Å². The van der Waals surface area contributed by atoms with Gasteiger partial charge in [0.25, 0.3) is 5.89 Å². The van der Waals surface area contributed by atoms with Crippen LogP contribution in [0.15, 0.2) is 28.8 Å². The van der Waals surface area contributed by atoms with Gasteiger partial charge in [-0.05, 0) is 43.7 Å². The van der Waals surface area contributed by atoms with Gasteiger partial charge in [-0.25, -0.2) is 0 Å². The van der Waals surface area contributed by atoms with E-state index in [2.05, 4.69) is 39.6 Å². The van der Waals surface area contributed by atoms with Gasteiger partial charge in [0.2, 0.25) is 5.91 Å². The van der Waals surface area contributed by atoms with Crippen molar-refractivity contribution in [3.05, 3.63) is 30.1 Å². The first-order chi connectivity index (χ1) is 12.1. The Kier molecular flexibility index (Phi) is 5.60. The maximum absolute atomic E-state index is 12.0. The molecule has 1 saturated carbocycles. The number of likely N-dealkylation sites (N-methyl/N-ethyl adjacent to an activating group) is 1. The number of piperazine rings is 1. The number of carbonyl (C=O) groups excluding carboxylic acids is 1. The highest BCUT2D eigenvalue weighted by Crippen LogP contribution is 2.38. The van der Waals surface area contributed by atoms with Crippen LogP contribution in [-0.4, -0.2) is 47.6 Å².